The van der Waals surface area contributed by atoms with E-state index < -0.39 is 0 Å². The average Bonchev–Trinajstić information content (AvgIpc) is 3.08. The van der Waals surface area contributed by atoms with E-state index in [4.69, 9.17) is 0 Å². The van der Waals surface area contributed by atoms with E-state index in [-0.39, 0.29) is 17.7 Å². The first-order valence-corrected chi connectivity index (χ1v) is 9.00. The Morgan fingerprint density at radius 2 is 2.19 bits per heavy atom. The van der Waals surface area contributed by atoms with Crippen LogP contribution in [-0.4, -0.2) is 50.0 Å². The maximum atomic E-state index is 12.7. The van der Waals surface area contributed by atoms with Gasteiger partial charge in [0.1, 0.15) is 0 Å². The van der Waals surface area contributed by atoms with Crippen LogP contribution in [0.5, 0.6) is 0 Å². The molecule has 0 bridgehead atoms. The predicted molar refractivity (Wildman–Crippen MR) is 97.1 cm³/mol. The molecule has 26 heavy (non-hydrogen) atoms. The number of rotatable bonds is 5. The molecule has 1 aliphatic heterocycles. The molecule has 8 heteroatoms. The zero-order valence-corrected chi connectivity index (χ0v) is 15.2. The van der Waals surface area contributed by atoms with Gasteiger partial charge >= 0.3 is 0 Å². The van der Waals surface area contributed by atoms with Crippen LogP contribution >= 0.6 is 0 Å². The van der Waals surface area contributed by atoms with Gasteiger partial charge in [-0.05, 0) is 41.8 Å². The molecule has 0 radical (unpaired) electrons. The van der Waals surface area contributed by atoms with Gasteiger partial charge in [0, 0.05) is 37.8 Å². The molecule has 2 amide bonds. The Kier molecular flexibility index (Phi) is 5.60. The lowest BCUT2D eigenvalue weighted by molar-refractivity contribution is -0.134. The zero-order chi connectivity index (χ0) is 18.5. The maximum absolute atomic E-state index is 12.7. The summed E-state index contributed by atoms with van der Waals surface area (Å²) < 4.78 is 1.58. The van der Waals surface area contributed by atoms with Gasteiger partial charge in [-0.25, -0.2) is 4.68 Å². The average molecular weight is 356 g/mol. The molecule has 0 aliphatic carbocycles. The number of aromatic nitrogens is 4. The summed E-state index contributed by atoms with van der Waals surface area (Å²) in [7, 11) is 1.77. The molecule has 1 unspecified atom stereocenters. The largest absolute Gasteiger partial charge is 0.342 e. The maximum Gasteiger partial charge on any atom is 0.229 e. The number of nitrogens with zero attached hydrogens (tertiary/aromatic N) is 5. The number of piperidine rings is 1. The van der Waals surface area contributed by atoms with Gasteiger partial charge in [0.25, 0.3) is 0 Å². The summed E-state index contributed by atoms with van der Waals surface area (Å²) in [5.74, 6) is 0.550. The molecular formula is C18H24N6O2. The van der Waals surface area contributed by atoms with Crippen molar-refractivity contribution in [3.05, 3.63) is 24.3 Å². The molecule has 2 heterocycles. The molecule has 0 saturated carbocycles. The second kappa shape index (κ2) is 8.07. The molecule has 1 atom stereocenters. The molecule has 1 N–H and O–H groups in total. The molecule has 2 aromatic rings. The Hall–Kier alpha value is -2.77. The summed E-state index contributed by atoms with van der Waals surface area (Å²) in [5, 5.41) is 14.4. The van der Waals surface area contributed by atoms with E-state index in [1.807, 2.05) is 36.1 Å². The number of benzene rings is 1. The number of nitrogens with one attached hydrogen (secondary N) is 1. The molecule has 1 saturated heterocycles. The number of hydrogen-bond acceptors (Lipinski definition) is 5. The Bertz CT molecular complexity index is 787. The minimum absolute atomic E-state index is 0.0489. The number of amides is 2. The molecule has 3 rings (SSSR count). The molecule has 0 spiro atoms. The number of aryl methyl sites for hydroxylation is 1. The van der Waals surface area contributed by atoms with E-state index in [9.17, 15) is 9.59 Å². The fraction of sp³-hybridized carbons (Fsp3) is 0.500. The van der Waals surface area contributed by atoms with Crippen LogP contribution in [0.1, 0.15) is 32.6 Å². The fourth-order valence-electron chi connectivity index (χ4n) is 3.24. The Morgan fingerprint density at radius 1 is 1.35 bits per heavy atom. The van der Waals surface area contributed by atoms with Crippen molar-refractivity contribution in [2.45, 2.75) is 32.6 Å². The van der Waals surface area contributed by atoms with E-state index in [0.29, 0.717) is 24.5 Å². The van der Waals surface area contributed by atoms with Crippen molar-refractivity contribution in [1.82, 2.24) is 25.1 Å². The summed E-state index contributed by atoms with van der Waals surface area (Å²) in [6.07, 6.45) is 3.03. The molecular weight excluding hydrogens is 332 g/mol. The normalized spacial score (nSPS) is 17.2. The lowest BCUT2D eigenvalue weighted by Gasteiger charge is -2.32. The highest BCUT2D eigenvalue weighted by molar-refractivity contribution is 5.93. The second-order valence-electron chi connectivity index (χ2n) is 6.63. The van der Waals surface area contributed by atoms with Gasteiger partial charge in [0.05, 0.1) is 5.92 Å². The van der Waals surface area contributed by atoms with Crippen molar-refractivity contribution in [1.29, 1.82) is 0 Å². The van der Waals surface area contributed by atoms with Crippen LogP contribution in [0.25, 0.3) is 11.4 Å². The van der Waals surface area contributed by atoms with E-state index in [1.165, 1.54) is 0 Å². The highest BCUT2D eigenvalue weighted by Gasteiger charge is 2.28. The van der Waals surface area contributed by atoms with Crippen LogP contribution in [0.15, 0.2) is 24.3 Å². The molecule has 1 aromatic heterocycles. The summed E-state index contributed by atoms with van der Waals surface area (Å²) >= 11 is 0. The SMILES string of the molecule is CCCC(=O)N1CCCC(C(=O)Nc2cccc(-c3nnnn3C)c2)C1. The third kappa shape index (κ3) is 4.07. The van der Waals surface area contributed by atoms with Crippen LogP contribution in [0, 0.1) is 5.92 Å². The smallest absolute Gasteiger partial charge is 0.229 e. The monoisotopic (exact) mass is 356 g/mol. The lowest BCUT2D eigenvalue weighted by Crippen LogP contribution is -2.43. The molecule has 1 aliphatic rings. The molecule has 1 aromatic carbocycles. The van der Waals surface area contributed by atoms with Crippen LogP contribution in [-0.2, 0) is 16.6 Å². The van der Waals surface area contributed by atoms with Crippen molar-refractivity contribution in [3.63, 3.8) is 0 Å². The first-order valence-electron chi connectivity index (χ1n) is 9.00. The Balaban J connectivity index is 1.66. The van der Waals surface area contributed by atoms with E-state index in [1.54, 1.807) is 11.7 Å². The van der Waals surface area contributed by atoms with Crippen LogP contribution < -0.4 is 5.32 Å². The van der Waals surface area contributed by atoms with E-state index >= 15 is 0 Å². The van der Waals surface area contributed by atoms with Crippen molar-refractivity contribution in [2.75, 3.05) is 18.4 Å². The van der Waals surface area contributed by atoms with Crippen molar-refractivity contribution in [2.24, 2.45) is 13.0 Å². The van der Waals surface area contributed by atoms with Gasteiger partial charge in [-0.1, -0.05) is 19.1 Å². The van der Waals surface area contributed by atoms with Crippen molar-refractivity contribution in [3.8, 4) is 11.4 Å². The number of likely N-dealkylation sites (tertiary alicyclic amines) is 1. The minimum atomic E-state index is -0.176. The van der Waals surface area contributed by atoms with Gasteiger partial charge in [-0.2, -0.15) is 0 Å². The summed E-state index contributed by atoms with van der Waals surface area (Å²) in [6.45, 7) is 3.24. The van der Waals surface area contributed by atoms with Crippen molar-refractivity contribution < 1.29 is 9.59 Å². The van der Waals surface area contributed by atoms with Gasteiger partial charge in [0.2, 0.25) is 11.8 Å². The first-order chi connectivity index (χ1) is 12.6. The molecule has 1 fully saturated rings. The van der Waals surface area contributed by atoms with Gasteiger partial charge in [0.15, 0.2) is 5.82 Å². The highest BCUT2D eigenvalue weighted by atomic mass is 16.2. The number of tetrazole rings is 1. The van der Waals surface area contributed by atoms with Crippen LogP contribution in [0.2, 0.25) is 0 Å². The number of carbonyl (C=O) groups is 2. The zero-order valence-electron chi connectivity index (χ0n) is 15.2. The lowest BCUT2D eigenvalue weighted by atomic mass is 9.96. The Labute approximate surface area is 152 Å². The van der Waals surface area contributed by atoms with Crippen LogP contribution in [0.3, 0.4) is 0 Å². The Morgan fingerprint density at radius 3 is 2.92 bits per heavy atom. The third-order valence-corrected chi connectivity index (χ3v) is 4.62. The minimum Gasteiger partial charge on any atom is -0.342 e. The topological polar surface area (TPSA) is 93.0 Å². The van der Waals surface area contributed by atoms with E-state index in [0.717, 1.165) is 31.4 Å². The first kappa shape index (κ1) is 18.0. The number of anilines is 1. The quantitative estimate of drug-likeness (QED) is 0.882. The number of carbonyl (C=O) groups excluding carboxylic acids is 2. The number of hydrogen-bond donors (Lipinski definition) is 1. The summed E-state index contributed by atoms with van der Waals surface area (Å²) in [5.41, 5.74) is 1.53. The third-order valence-electron chi connectivity index (χ3n) is 4.62. The van der Waals surface area contributed by atoms with Crippen molar-refractivity contribution >= 4 is 17.5 Å². The molecule has 138 valence electrons. The van der Waals surface area contributed by atoms with Gasteiger partial charge in [-0.15, -0.1) is 5.10 Å². The molecule has 8 nitrogen and oxygen atoms in total. The van der Waals surface area contributed by atoms with Crippen LogP contribution in [0.4, 0.5) is 5.69 Å². The standard InChI is InChI=1S/C18H24N6O2/c1-3-6-16(25)24-10-5-8-14(12-24)18(26)19-15-9-4-7-13(11-15)17-20-21-22-23(17)2/h4,7,9,11,14H,3,5-6,8,10,12H2,1-2H3,(H,19,26). The highest BCUT2D eigenvalue weighted by Crippen LogP contribution is 2.22. The van der Waals surface area contributed by atoms with Gasteiger partial charge < -0.3 is 10.2 Å². The van der Waals surface area contributed by atoms with Gasteiger partial charge in [-0.3, -0.25) is 9.59 Å². The fourth-order valence-corrected chi connectivity index (χ4v) is 3.24. The summed E-state index contributed by atoms with van der Waals surface area (Å²) in [6, 6.07) is 7.45. The summed E-state index contributed by atoms with van der Waals surface area (Å²) in [4.78, 5) is 26.6. The predicted octanol–water partition coefficient (Wildman–Crippen LogP) is 1.85. The second-order valence-corrected chi connectivity index (χ2v) is 6.63. The van der Waals surface area contributed by atoms with E-state index in [2.05, 4.69) is 20.8 Å².